The zero-order valence-corrected chi connectivity index (χ0v) is 11.5. The Kier molecular flexibility index (Phi) is 3.52. The summed E-state index contributed by atoms with van der Waals surface area (Å²) in [6.07, 6.45) is 0. The van der Waals surface area contributed by atoms with Crippen molar-refractivity contribution in [2.24, 2.45) is 0 Å². The maximum Gasteiger partial charge on any atom is 0.224 e. The van der Waals surface area contributed by atoms with E-state index >= 15 is 0 Å². The van der Waals surface area contributed by atoms with Gasteiger partial charge in [-0.05, 0) is 39.3 Å². The van der Waals surface area contributed by atoms with Gasteiger partial charge >= 0.3 is 0 Å². The molecule has 2 heterocycles. The average Bonchev–Trinajstić information content (AvgIpc) is 2.56. The Morgan fingerprint density at radius 2 is 2.00 bits per heavy atom. The number of hydrogen-bond acceptors (Lipinski definition) is 5. The maximum absolute atomic E-state index is 5.83. The van der Waals surface area contributed by atoms with Gasteiger partial charge in [0.15, 0.2) is 0 Å². The molecule has 1 N–H and O–H groups in total. The molecule has 0 saturated carbocycles. The number of aromatic nitrogens is 3. The summed E-state index contributed by atoms with van der Waals surface area (Å²) in [5.41, 5.74) is 2.75. The number of anilines is 1. The van der Waals surface area contributed by atoms with Crippen LogP contribution in [0.3, 0.4) is 0 Å². The van der Waals surface area contributed by atoms with Crippen molar-refractivity contribution in [2.75, 3.05) is 5.32 Å². The molecule has 6 heteroatoms. The van der Waals surface area contributed by atoms with E-state index < -0.39 is 0 Å². The van der Waals surface area contributed by atoms with Gasteiger partial charge in [0.25, 0.3) is 0 Å². The third-order valence-corrected chi connectivity index (χ3v) is 2.88. The fourth-order valence-electron chi connectivity index (χ4n) is 2.01. The second-order valence-electron chi connectivity index (χ2n) is 4.27. The molecule has 0 aromatic carbocycles. The molecular formula is C12H15ClN4O. The highest BCUT2D eigenvalue weighted by atomic mass is 35.5. The van der Waals surface area contributed by atoms with Crippen molar-refractivity contribution in [3.63, 3.8) is 0 Å². The first-order chi connectivity index (χ1) is 8.47. The Balaban J connectivity index is 2.24. The summed E-state index contributed by atoms with van der Waals surface area (Å²) in [7, 11) is 0. The summed E-state index contributed by atoms with van der Waals surface area (Å²) < 4.78 is 5.15. The second kappa shape index (κ2) is 4.94. The minimum atomic E-state index is 0.0432. The number of nitrogens with zero attached hydrogens (tertiary/aromatic N) is 3. The Morgan fingerprint density at radius 1 is 1.28 bits per heavy atom. The zero-order chi connectivity index (χ0) is 13.3. The second-order valence-corrected chi connectivity index (χ2v) is 4.61. The van der Waals surface area contributed by atoms with Crippen LogP contribution in [0.25, 0.3) is 0 Å². The summed E-state index contributed by atoms with van der Waals surface area (Å²) in [6.45, 7) is 7.71. The van der Waals surface area contributed by atoms with Gasteiger partial charge in [-0.2, -0.15) is 0 Å². The van der Waals surface area contributed by atoms with Crippen LogP contribution in [-0.2, 0) is 0 Å². The topological polar surface area (TPSA) is 63.8 Å². The quantitative estimate of drug-likeness (QED) is 0.864. The van der Waals surface area contributed by atoms with Gasteiger partial charge in [0, 0.05) is 17.3 Å². The van der Waals surface area contributed by atoms with Crippen molar-refractivity contribution in [3.05, 3.63) is 34.1 Å². The molecule has 5 nitrogen and oxygen atoms in total. The SMILES string of the molecule is Cc1cc(NC(C)c2c(C)noc2C)nc(Cl)n1. The van der Waals surface area contributed by atoms with Crippen molar-refractivity contribution in [1.82, 2.24) is 15.1 Å². The summed E-state index contributed by atoms with van der Waals surface area (Å²) >= 11 is 5.83. The van der Waals surface area contributed by atoms with Gasteiger partial charge in [0.05, 0.1) is 11.7 Å². The van der Waals surface area contributed by atoms with Crippen LogP contribution in [0.2, 0.25) is 5.28 Å². The average molecular weight is 267 g/mol. The first kappa shape index (κ1) is 12.8. The third-order valence-electron chi connectivity index (χ3n) is 2.71. The van der Waals surface area contributed by atoms with E-state index in [9.17, 15) is 0 Å². The van der Waals surface area contributed by atoms with Crippen molar-refractivity contribution in [1.29, 1.82) is 0 Å². The lowest BCUT2D eigenvalue weighted by Crippen LogP contribution is -2.10. The van der Waals surface area contributed by atoms with Crippen molar-refractivity contribution < 1.29 is 4.52 Å². The van der Waals surface area contributed by atoms with Crippen LogP contribution in [0.4, 0.5) is 5.82 Å². The van der Waals surface area contributed by atoms with E-state index in [1.807, 2.05) is 33.8 Å². The van der Waals surface area contributed by atoms with E-state index in [0.29, 0.717) is 5.82 Å². The third kappa shape index (κ3) is 2.61. The minimum absolute atomic E-state index is 0.0432. The lowest BCUT2D eigenvalue weighted by Gasteiger charge is -2.14. The van der Waals surface area contributed by atoms with Gasteiger partial charge in [0.2, 0.25) is 5.28 Å². The van der Waals surface area contributed by atoms with Crippen LogP contribution in [0.1, 0.15) is 35.7 Å². The Morgan fingerprint density at radius 3 is 2.56 bits per heavy atom. The number of hydrogen-bond donors (Lipinski definition) is 1. The molecule has 0 amide bonds. The molecule has 96 valence electrons. The molecule has 2 aromatic rings. The molecule has 0 radical (unpaired) electrons. The summed E-state index contributed by atoms with van der Waals surface area (Å²) in [4.78, 5) is 8.16. The van der Waals surface area contributed by atoms with Crippen LogP contribution in [0, 0.1) is 20.8 Å². The highest BCUT2D eigenvalue weighted by Gasteiger charge is 2.16. The van der Waals surface area contributed by atoms with E-state index in [2.05, 4.69) is 20.4 Å². The first-order valence-electron chi connectivity index (χ1n) is 5.68. The van der Waals surface area contributed by atoms with Gasteiger partial charge in [-0.15, -0.1) is 0 Å². The van der Waals surface area contributed by atoms with Crippen LogP contribution in [0.5, 0.6) is 0 Å². The van der Waals surface area contributed by atoms with Crippen LogP contribution < -0.4 is 5.32 Å². The fourth-order valence-corrected chi connectivity index (χ4v) is 2.23. The van der Waals surface area contributed by atoms with E-state index in [4.69, 9.17) is 16.1 Å². The molecule has 0 aliphatic heterocycles. The van der Waals surface area contributed by atoms with Crippen molar-refractivity contribution >= 4 is 17.4 Å². The highest BCUT2D eigenvalue weighted by molar-refractivity contribution is 6.28. The molecule has 2 rings (SSSR count). The minimum Gasteiger partial charge on any atom is -0.363 e. The van der Waals surface area contributed by atoms with E-state index in [-0.39, 0.29) is 11.3 Å². The van der Waals surface area contributed by atoms with Gasteiger partial charge < -0.3 is 9.84 Å². The van der Waals surface area contributed by atoms with Gasteiger partial charge in [-0.25, -0.2) is 9.97 Å². The van der Waals surface area contributed by atoms with E-state index in [1.165, 1.54) is 0 Å². The van der Waals surface area contributed by atoms with E-state index in [0.717, 1.165) is 22.7 Å². The monoisotopic (exact) mass is 266 g/mol. The normalized spacial score (nSPS) is 12.5. The Bertz CT molecular complexity index is 527. The number of nitrogens with one attached hydrogen (secondary N) is 1. The summed E-state index contributed by atoms with van der Waals surface area (Å²) in [6, 6.07) is 1.89. The Hall–Kier alpha value is -1.62. The summed E-state index contributed by atoms with van der Waals surface area (Å²) in [5, 5.41) is 7.45. The molecular weight excluding hydrogens is 252 g/mol. The Labute approximate surface area is 111 Å². The molecule has 1 unspecified atom stereocenters. The predicted molar refractivity (Wildman–Crippen MR) is 69.8 cm³/mol. The van der Waals surface area contributed by atoms with E-state index in [1.54, 1.807) is 0 Å². The maximum atomic E-state index is 5.83. The molecule has 0 fully saturated rings. The van der Waals surface area contributed by atoms with Crippen LogP contribution >= 0.6 is 11.6 Å². The van der Waals surface area contributed by atoms with Crippen molar-refractivity contribution in [3.8, 4) is 0 Å². The molecule has 18 heavy (non-hydrogen) atoms. The smallest absolute Gasteiger partial charge is 0.224 e. The van der Waals surface area contributed by atoms with Crippen LogP contribution in [-0.4, -0.2) is 15.1 Å². The first-order valence-corrected chi connectivity index (χ1v) is 6.05. The van der Waals surface area contributed by atoms with Gasteiger partial charge in [-0.3, -0.25) is 0 Å². The molecule has 0 saturated heterocycles. The molecule has 2 aromatic heterocycles. The van der Waals surface area contributed by atoms with Gasteiger partial charge in [-0.1, -0.05) is 5.16 Å². The standard InChI is InChI=1S/C12H15ClN4O/c1-6-5-10(16-12(13)14-6)15-7(2)11-8(3)17-18-9(11)4/h5,7H,1-4H3,(H,14,15,16). The number of aryl methyl sites for hydroxylation is 3. The molecule has 0 spiro atoms. The lowest BCUT2D eigenvalue weighted by molar-refractivity contribution is 0.392. The van der Waals surface area contributed by atoms with Crippen molar-refractivity contribution in [2.45, 2.75) is 33.7 Å². The highest BCUT2D eigenvalue weighted by Crippen LogP contribution is 2.24. The lowest BCUT2D eigenvalue weighted by atomic mass is 10.1. The molecule has 0 bridgehead atoms. The summed E-state index contributed by atoms with van der Waals surface area (Å²) in [5.74, 6) is 1.50. The molecule has 1 atom stereocenters. The largest absolute Gasteiger partial charge is 0.363 e. The predicted octanol–water partition coefficient (Wildman–Crippen LogP) is 3.22. The molecule has 0 aliphatic carbocycles. The number of halogens is 1. The number of rotatable bonds is 3. The molecule has 0 aliphatic rings. The van der Waals surface area contributed by atoms with Gasteiger partial charge in [0.1, 0.15) is 11.6 Å². The fraction of sp³-hybridized carbons (Fsp3) is 0.417. The zero-order valence-electron chi connectivity index (χ0n) is 10.8. The van der Waals surface area contributed by atoms with Crippen LogP contribution in [0.15, 0.2) is 10.6 Å².